The van der Waals surface area contributed by atoms with Gasteiger partial charge >= 0.3 is 5.97 Å². The van der Waals surface area contributed by atoms with Crippen molar-refractivity contribution >= 4 is 58.6 Å². The van der Waals surface area contributed by atoms with Crippen molar-refractivity contribution < 1.29 is 29.1 Å². The van der Waals surface area contributed by atoms with Gasteiger partial charge in [0.25, 0.3) is 11.8 Å². The molecule has 0 aliphatic carbocycles. The second-order valence-corrected chi connectivity index (χ2v) is 10.3. The fourth-order valence-electron chi connectivity index (χ4n) is 3.69. The number of amides is 2. The number of tetrazole rings is 1. The van der Waals surface area contributed by atoms with Gasteiger partial charge in [-0.05, 0) is 34.2 Å². The summed E-state index contributed by atoms with van der Waals surface area (Å²) in [5, 5.41) is 27.8. The highest BCUT2D eigenvalue weighted by Gasteiger charge is 2.54. The number of benzene rings is 1. The number of fused-ring (bicyclic) bond motifs is 1. The number of hydrogen-bond donors (Lipinski definition) is 2. The van der Waals surface area contributed by atoms with Crippen molar-refractivity contribution in [3.63, 3.8) is 0 Å². The van der Waals surface area contributed by atoms with Gasteiger partial charge < -0.3 is 20.0 Å². The van der Waals surface area contributed by atoms with E-state index in [4.69, 9.17) is 21.2 Å². The van der Waals surface area contributed by atoms with Gasteiger partial charge in [0.15, 0.2) is 5.71 Å². The Balaban J connectivity index is 1.52. The van der Waals surface area contributed by atoms with Gasteiger partial charge in [-0.25, -0.2) is 9.48 Å². The third-order valence-corrected chi connectivity index (χ3v) is 8.21. The smallest absolute Gasteiger partial charge is 0.352 e. The van der Waals surface area contributed by atoms with Crippen LogP contribution in [0, 0.1) is 0 Å². The number of carbonyl (C=O) groups is 3. The molecule has 0 radical (unpaired) electrons. The summed E-state index contributed by atoms with van der Waals surface area (Å²) >= 11 is 8.83. The third-order valence-electron chi connectivity index (χ3n) is 5.48. The molecule has 1 fully saturated rings. The predicted octanol–water partition coefficient (Wildman–Crippen LogP) is 1.31. The number of methoxy groups -OCH3 is 1. The average Bonchev–Trinajstić information content (AvgIpc) is 3.32. The highest BCUT2D eigenvalue weighted by atomic mass is 35.5. The number of hydrogen-bond acceptors (Lipinski definition) is 11. The third kappa shape index (κ3) is 5.49. The molecule has 4 rings (SSSR count). The molecule has 38 heavy (non-hydrogen) atoms. The number of β-lactam (4-membered cyclic amide) rings is 1. The van der Waals surface area contributed by atoms with Crippen LogP contribution in [0.25, 0.3) is 0 Å². The van der Waals surface area contributed by atoms with Crippen molar-refractivity contribution in [2.75, 3.05) is 25.2 Å². The number of carboxylic acids is 1. The highest BCUT2D eigenvalue weighted by Crippen LogP contribution is 2.41. The molecule has 2 N–H and O–H groups in total. The molecule has 2 aliphatic rings. The minimum absolute atomic E-state index is 0.0488. The zero-order valence-corrected chi connectivity index (χ0v) is 22.5. The van der Waals surface area contributed by atoms with E-state index in [-0.39, 0.29) is 28.8 Å². The zero-order chi connectivity index (χ0) is 27.4. The lowest BCUT2D eigenvalue weighted by Crippen LogP contribution is -2.71. The SMILES string of the molecule is C=CCON=C(C(=O)NC1C(=O)N2C(C(=O)O)=C(CSc3nnnn3C)CS[C@H]12)c1ccc(OC)c(Cl)c1. The van der Waals surface area contributed by atoms with Crippen LogP contribution in [0.4, 0.5) is 0 Å². The monoisotopic (exact) mass is 579 g/mol. The van der Waals surface area contributed by atoms with Crippen molar-refractivity contribution in [1.29, 1.82) is 0 Å². The second kappa shape index (κ2) is 11.9. The Kier molecular flexibility index (Phi) is 8.58. The Bertz CT molecular complexity index is 1350. The van der Waals surface area contributed by atoms with Crippen molar-refractivity contribution in [3.05, 3.63) is 52.7 Å². The van der Waals surface area contributed by atoms with Gasteiger partial charge in [-0.2, -0.15) is 0 Å². The Morgan fingerprint density at radius 2 is 2.24 bits per heavy atom. The highest BCUT2D eigenvalue weighted by molar-refractivity contribution is 8.01. The van der Waals surface area contributed by atoms with Gasteiger partial charge in [0, 0.05) is 24.1 Å². The normalized spacial score (nSPS) is 19.0. The predicted molar refractivity (Wildman–Crippen MR) is 140 cm³/mol. The minimum Gasteiger partial charge on any atom is -0.495 e. The summed E-state index contributed by atoms with van der Waals surface area (Å²) in [6.45, 7) is 3.60. The van der Waals surface area contributed by atoms with Crippen molar-refractivity contribution in [2.45, 2.75) is 16.6 Å². The van der Waals surface area contributed by atoms with Crippen LogP contribution in [0.15, 0.2) is 52.4 Å². The van der Waals surface area contributed by atoms with Gasteiger partial charge in [0.2, 0.25) is 5.16 Å². The van der Waals surface area contributed by atoms with E-state index in [9.17, 15) is 19.5 Å². The molecule has 3 heterocycles. The summed E-state index contributed by atoms with van der Waals surface area (Å²) < 4.78 is 6.62. The topological polar surface area (TPSA) is 161 Å². The number of carboxylic acid groups (broad SMARTS) is 1. The summed E-state index contributed by atoms with van der Waals surface area (Å²) in [4.78, 5) is 44.7. The summed E-state index contributed by atoms with van der Waals surface area (Å²) in [5.41, 5.74) is 0.669. The van der Waals surface area contributed by atoms with Crippen LogP contribution in [0.2, 0.25) is 5.02 Å². The average molecular weight is 580 g/mol. The first-order chi connectivity index (χ1) is 18.3. The van der Waals surface area contributed by atoms with Gasteiger partial charge in [0.05, 0.1) is 12.1 Å². The summed E-state index contributed by atoms with van der Waals surface area (Å²) in [6.07, 6.45) is 1.46. The maximum absolute atomic E-state index is 13.2. The summed E-state index contributed by atoms with van der Waals surface area (Å²) in [7, 11) is 3.13. The number of rotatable bonds is 11. The van der Waals surface area contributed by atoms with E-state index in [1.54, 1.807) is 19.2 Å². The first kappa shape index (κ1) is 27.5. The Morgan fingerprint density at radius 1 is 1.45 bits per heavy atom. The molecule has 0 bridgehead atoms. The number of ether oxygens (including phenoxy) is 1. The number of nitrogens with one attached hydrogen (secondary N) is 1. The maximum Gasteiger partial charge on any atom is 0.352 e. The molecule has 1 saturated heterocycles. The molecule has 1 aromatic heterocycles. The standard InChI is InChI=1S/C22H22ClN7O6S2/c1-4-7-36-26-15(11-5-6-14(35-3)13(23)8-11)18(31)24-16-19(32)30-17(21(33)34)12(9-37-20(16)30)10-38-22-25-27-28-29(22)2/h4-6,8,16,20H,1,7,9-10H2,2-3H3,(H,24,31)(H,33,34)/t16?,20-/m1/s1. The van der Waals surface area contributed by atoms with E-state index in [0.717, 1.165) is 0 Å². The van der Waals surface area contributed by atoms with E-state index in [2.05, 4.69) is 32.6 Å². The molecule has 0 saturated carbocycles. The molecule has 200 valence electrons. The van der Waals surface area contributed by atoms with Crippen molar-refractivity contribution in [3.8, 4) is 5.75 Å². The lowest BCUT2D eigenvalue weighted by atomic mass is 10.0. The minimum atomic E-state index is -1.23. The molecule has 1 unspecified atom stereocenters. The van der Waals surface area contributed by atoms with Crippen LogP contribution in [0.1, 0.15) is 5.56 Å². The lowest BCUT2D eigenvalue weighted by molar-refractivity contribution is -0.150. The molecular formula is C22H22ClN7O6S2. The molecule has 2 aliphatic heterocycles. The fraction of sp³-hybridized carbons (Fsp3) is 0.318. The van der Waals surface area contributed by atoms with Crippen molar-refractivity contribution in [1.82, 2.24) is 30.4 Å². The van der Waals surface area contributed by atoms with Crippen LogP contribution in [-0.2, 0) is 26.3 Å². The van der Waals surface area contributed by atoms with Gasteiger partial charge in [0.1, 0.15) is 29.5 Å². The van der Waals surface area contributed by atoms with E-state index in [0.29, 0.717) is 27.8 Å². The number of aromatic nitrogens is 4. The quantitative estimate of drug-likeness (QED) is 0.0985. The molecule has 2 atom stereocenters. The van der Waals surface area contributed by atoms with E-state index in [1.807, 2.05) is 0 Å². The number of aliphatic carboxylic acids is 1. The van der Waals surface area contributed by atoms with Crippen LogP contribution in [-0.4, -0.2) is 90.3 Å². The molecule has 1 aromatic carbocycles. The largest absolute Gasteiger partial charge is 0.495 e. The van der Waals surface area contributed by atoms with Crippen molar-refractivity contribution in [2.24, 2.45) is 12.2 Å². The van der Waals surface area contributed by atoms with Crippen LogP contribution < -0.4 is 10.1 Å². The number of aryl methyl sites for hydroxylation is 1. The zero-order valence-electron chi connectivity index (χ0n) is 20.2. The van der Waals surface area contributed by atoms with Gasteiger partial charge in [-0.3, -0.25) is 14.5 Å². The molecule has 13 nitrogen and oxygen atoms in total. The number of thioether (sulfide) groups is 2. The van der Waals surface area contributed by atoms with Gasteiger partial charge in [-0.1, -0.05) is 41.2 Å². The lowest BCUT2D eigenvalue weighted by Gasteiger charge is -2.49. The Labute approximate surface area is 230 Å². The van der Waals surface area contributed by atoms with Gasteiger partial charge in [-0.15, -0.1) is 16.9 Å². The second-order valence-electron chi connectivity index (χ2n) is 7.87. The van der Waals surface area contributed by atoms with Crippen LogP contribution in [0.5, 0.6) is 5.75 Å². The maximum atomic E-state index is 13.2. The van der Waals surface area contributed by atoms with Crippen LogP contribution in [0.3, 0.4) is 0 Å². The number of carbonyl (C=O) groups excluding carboxylic acids is 2. The first-order valence-electron chi connectivity index (χ1n) is 11.0. The van der Waals surface area contributed by atoms with E-state index < -0.39 is 29.2 Å². The summed E-state index contributed by atoms with van der Waals surface area (Å²) in [6, 6.07) is 3.67. The molecule has 0 spiro atoms. The van der Waals surface area contributed by atoms with Crippen LogP contribution >= 0.6 is 35.1 Å². The van der Waals surface area contributed by atoms with E-state index in [1.165, 1.54) is 52.4 Å². The van der Waals surface area contributed by atoms with E-state index >= 15 is 0 Å². The summed E-state index contributed by atoms with van der Waals surface area (Å²) in [5.74, 6) is -1.43. The number of halogens is 1. The Hall–Kier alpha value is -3.56. The Morgan fingerprint density at radius 3 is 2.87 bits per heavy atom. The fourth-order valence-corrected chi connectivity index (χ4v) is 6.29. The molecule has 16 heteroatoms. The first-order valence-corrected chi connectivity index (χ1v) is 13.4. The molecular weight excluding hydrogens is 558 g/mol. The molecule has 2 aromatic rings. The number of nitrogens with zero attached hydrogens (tertiary/aromatic N) is 6. The number of oxime groups is 1. The molecule has 2 amide bonds.